The largest absolute Gasteiger partial charge is 0.480 e. The molecule has 2 heterocycles. The lowest BCUT2D eigenvalue weighted by atomic mass is 10.1. The molecule has 2 rings (SSSR count). The van der Waals surface area contributed by atoms with Crippen LogP contribution < -0.4 is 5.56 Å². The van der Waals surface area contributed by atoms with E-state index in [1.807, 2.05) is 27.7 Å². The second kappa shape index (κ2) is 5.60. The molecule has 0 amide bonds. The van der Waals surface area contributed by atoms with Gasteiger partial charge in [-0.15, -0.1) is 11.3 Å². The molecule has 2 aromatic rings. The van der Waals surface area contributed by atoms with Crippen molar-refractivity contribution in [1.82, 2.24) is 9.55 Å². The first-order chi connectivity index (χ1) is 9.79. The smallest absolute Gasteiger partial charge is 0.326 e. The number of rotatable bonds is 4. The molecule has 1 N–H and O–H groups in total. The van der Waals surface area contributed by atoms with Crippen molar-refractivity contribution >= 4 is 27.5 Å². The maximum absolute atomic E-state index is 12.9. The zero-order valence-corrected chi connectivity index (χ0v) is 13.7. The molecule has 2 aromatic heterocycles. The van der Waals surface area contributed by atoms with Crippen LogP contribution in [-0.4, -0.2) is 20.6 Å². The van der Waals surface area contributed by atoms with Gasteiger partial charge in [-0.3, -0.25) is 9.36 Å². The van der Waals surface area contributed by atoms with Crippen LogP contribution in [0.25, 0.3) is 10.2 Å². The minimum Gasteiger partial charge on any atom is -0.480 e. The summed E-state index contributed by atoms with van der Waals surface area (Å²) in [6.07, 6.45) is 0.352. The molecule has 21 heavy (non-hydrogen) atoms. The van der Waals surface area contributed by atoms with Crippen LogP contribution in [-0.2, 0) is 4.79 Å². The average Bonchev–Trinajstić information content (AvgIpc) is 2.68. The highest BCUT2D eigenvalue weighted by atomic mass is 32.1. The molecule has 0 radical (unpaired) electrons. The Morgan fingerprint density at radius 2 is 2.00 bits per heavy atom. The molecular weight excluding hydrogens is 288 g/mol. The fraction of sp³-hybridized carbons (Fsp3) is 0.533. The fourth-order valence-electron chi connectivity index (χ4n) is 2.50. The van der Waals surface area contributed by atoms with E-state index in [0.29, 0.717) is 22.5 Å². The minimum atomic E-state index is -0.993. The molecule has 0 bridgehead atoms. The SMILES string of the molecule is CCC(C(=O)O)n1c(C(C)C)nc2sc(C)c(C)c2c1=O. The number of fused-ring (bicyclic) bond motifs is 1. The highest BCUT2D eigenvalue weighted by Gasteiger charge is 2.26. The number of hydrogen-bond donors (Lipinski definition) is 1. The van der Waals surface area contributed by atoms with Gasteiger partial charge in [0.2, 0.25) is 0 Å². The lowest BCUT2D eigenvalue weighted by Crippen LogP contribution is -2.33. The van der Waals surface area contributed by atoms with Gasteiger partial charge in [0.1, 0.15) is 16.7 Å². The van der Waals surface area contributed by atoms with Gasteiger partial charge >= 0.3 is 5.97 Å². The summed E-state index contributed by atoms with van der Waals surface area (Å²) in [7, 11) is 0. The normalized spacial score (nSPS) is 13.0. The third-order valence-electron chi connectivity index (χ3n) is 3.76. The Kier molecular flexibility index (Phi) is 4.18. The van der Waals surface area contributed by atoms with E-state index in [2.05, 4.69) is 4.98 Å². The molecule has 0 saturated carbocycles. The number of carboxylic acid groups (broad SMARTS) is 1. The zero-order valence-electron chi connectivity index (χ0n) is 12.9. The van der Waals surface area contributed by atoms with Crippen LogP contribution >= 0.6 is 11.3 Å². The van der Waals surface area contributed by atoms with E-state index in [0.717, 1.165) is 10.4 Å². The average molecular weight is 308 g/mol. The highest BCUT2D eigenvalue weighted by Crippen LogP contribution is 2.29. The number of carbonyl (C=O) groups is 1. The van der Waals surface area contributed by atoms with E-state index in [1.54, 1.807) is 6.92 Å². The number of aliphatic carboxylic acids is 1. The molecule has 1 unspecified atom stereocenters. The molecule has 0 spiro atoms. The van der Waals surface area contributed by atoms with Crippen molar-refractivity contribution in [3.8, 4) is 0 Å². The quantitative estimate of drug-likeness (QED) is 0.941. The van der Waals surface area contributed by atoms with Gasteiger partial charge < -0.3 is 5.11 Å². The summed E-state index contributed by atoms with van der Waals surface area (Å²) in [6, 6.07) is -0.869. The monoisotopic (exact) mass is 308 g/mol. The second-order valence-corrected chi connectivity index (χ2v) is 6.73. The van der Waals surface area contributed by atoms with Gasteiger partial charge in [0.25, 0.3) is 5.56 Å². The zero-order chi connectivity index (χ0) is 15.9. The minimum absolute atomic E-state index is 0.0155. The Bertz CT molecular complexity index is 758. The number of aromatic nitrogens is 2. The molecule has 0 fully saturated rings. The number of hydrogen-bond acceptors (Lipinski definition) is 4. The van der Waals surface area contributed by atoms with Crippen LogP contribution in [0.1, 0.15) is 55.4 Å². The Morgan fingerprint density at radius 3 is 2.48 bits per heavy atom. The Labute approximate surface area is 127 Å². The lowest BCUT2D eigenvalue weighted by molar-refractivity contribution is -0.141. The van der Waals surface area contributed by atoms with Crippen LogP contribution in [0.15, 0.2) is 4.79 Å². The van der Waals surface area contributed by atoms with Gasteiger partial charge in [-0.25, -0.2) is 9.78 Å². The van der Waals surface area contributed by atoms with Crippen molar-refractivity contribution in [2.45, 2.75) is 53.0 Å². The highest BCUT2D eigenvalue weighted by molar-refractivity contribution is 7.18. The molecular formula is C15H20N2O3S. The molecule has 114 valence electrons. The van der Waals surface area contributed by atoms with Gasteiger partial charge in [0.05, 0.1) is 5.39 Å². The molecule has 0 aliphatic carbocycles. The van der Waals surface area contributed by atoms with Crippen LogP contribution in [0.5, 0.6) is 0 Å². The van der Waals surface area contributed by atoms with Gasteiger partial charge in [-0.2, -0.15) is 0 Å². The number of aryl methyl sites for hydroxylation is 2. The van der Waals surface area contributed by atoms with Crippen molar-refractivity contribution in [3.05, 3.63) is 26.6 Å². The molecule has 0 saturated heterocycles. The van der Waals surface area contributed by atoms with Crippen molar-refractivity contribution in [2.75, 3.05) is 0 Å². The van der Waals surface area contributed by atoms with Crippen LogP contribution in [0, 0.1) is 13.8 Å². The van der Waals surface area contributed by atoms with Crippen LogP contribution in [0.4, 0.5) is 0 Å². The van der Waals surface area contributed by atoms with Crippen molar-refractivity contribution in [2.24, 2.45) is 0 Å². The predicted octanol–water partition coefficient (Wildman–Crippen LogP) is 3.23. The van der Waals surface area contributed by atoms with E-state index in [-0.39, 0.29) is 11.5 Å². The third kappa shape index (κ3) is 2.48. The van der Waals surface area contributed by atoms with Crippen LogP contribution in [0.2, 0.25) is 0 Å². The summed E-state index contributed by atoms with van der Waals surface area (Å²) in [5, 5.41) is 9.98. The van der Waals surface area contributed by atoms with Gasteiger partial charge in [0.15, 0.2) is 0 Å². The lowest BCUT2D eigenvalue weighted by Gasteiger charge is -2.20. The summed E-state index contributed by atoms with van der Waals surface area (Å²) in [6.45, 7) is 9.45. The molecule has 1 atom stereocenters. The van der Waals surface area contributed by atoms with Crippen molar-refractivity contribution in [1.29, 1.82) is 0 Å². The first-order valence-corrected chi connectivity index (χ1v) is 7.86. The van der Waals surface area contributed by atoms with Crippen molar-refractivity contribution < 1.29 is 9.90 Å². The maximum atomic E-state index is 12.9. The first kappa shape index (κ1) is 15.7. The number of carboxylic acids is 1. The second-order valence-electron chi connectivity index (χ2n) is 5.53. The first-order valence-electron chi connectivity index (χ1n) is 7.04. The maximum Gasteiger partial charge on any atom is 0.326 e. The predicted molar refractivity (Wildman–Crippen MR) is 84.4 cm³/mol. The fourth-order valence-corrected chi connectivity index (χ4v) is 3.52. The van der Waals surface area contributed by atoms with Gasteiger partial charge in [-0.05, 0) is 25.8 Å². The molecule has 0 aromatic carbocycles. The summed E-state index contributed by atoms with van der Waals surface area (Å²) < 4.78 is 1.37. The molecule has 5 nitrogen and oxygen atoms in total. The Hall–Kier alpha value is -1.69. The van der Waals surface area contributed by atoms with Gasteiger partial charge in [-0.1, -0.05) is 20.8 Å². The summed E-state index contributed by atoms with van der Waals surface area (Å²) in [4.78, 5) is 30.7. The van der Waals surface area contributed by atoms with E-state index < -0.39 is 12.0 Å². The standard InChI is InChI=1S/C15H20N2O3S/c1-6-10(15(19)20)17-12(7(2)3)16-13-11(14(17)18)8(4)9(5)21-13/h7,10H,6H2,1-5H3,(H,19,20). The summed E-state index contributed by atoms with van der Waals surface area (Å²) >= 11 is 1.49. The topological polar surface area (TPSA) is 72.2 Å². The van der Waals surface area contributed by atoms with E-state index in [1.165, 1.54) is 15.9 Å². The number of nitrogens with zero attached hydrogens (tertiary/aromatic N) is 2. The Balaban J connectivity index is 2.92. The van der Waals surface area contributed by atoms with E-state index in [4.69, 9.17) is 0 Å². The molecule has 6 heteroatoms. The summed E-state index contributed by atoms with van der Waals surface area (Å²) in [5.41, 5.74) is 0.664. The van der Waals surface area contributed by atoms with Crippen molar-refractivity contribution in [3.63, 3.8) is 0 Å². The Morgan fingerprint density at radius 1 is 1.38 bits per heavy atom. The molecule has 0 aliphatic rings. The van der Waals surface area contributed by atoms with Crippen LogP contribution in [0.3, 0.4) is 0 Å². The van der Waals surface area contributed by atoms with E-state index >= 15 is 0 Å². The third-order valence-corrected chi connectivity index (χ3v) is 4.86. The summed E-state index contributed by atoms with van der Waals surface area (Å²) in [5.74, 6) is -0.464. The molecule has 0 aliphatic heterocycles. The van der Waals surface area contributed by atoms with Gasteiger partial charge in [0, 0.05) is 10.8 Å². The number of thiophene rings is 1. The van der Waals surface area contributed by atoms with E-state index in [9.17, 15) is 14.7 Å².